The Kier molecular flexibility index (Phi) is 6.15. The third-order valence-corrected chi connectivity index (χ3v) is 4.31. The van der Waals surface area contributed by atoms with E-state index in [0.29, 0.717) is 13.1 Å². The largest absolute Gasteiger partial charge is 0.359 e. The molecular weight excluding hydrogens is 294 g/mol. The molecule has 8 heteroatoms. The molecule has 2 amide bonds. The summed E-state index contributed by atoms with van der Waals surface area (Å²) in [5, 5.41) is 2.60. The summed E-state index contributed by atoms with van der Waals surface area (Å²) in [5.41, 5.74) is 0. The van der Waals surface area contributed by atoms with Crippen LogP contribution in [0, 0.1) is 11.8 Å². The Morgan fingerprint density at radius 1 is 1.29 bits per heavy atom. The van der Waals surface area contributed by atoms with Crippen molar-refractivity contribution in [2.24, 2.45) is 11.8 Å². The van der Waals surface area contributed by atoms with E-state index in [1.807, 2.05) is 0 Å². The van der Waals surface area contributed by atoms with E-state index in [-0.39, 0.29) is 23.7 Å². The summed E-state index contributed by atoms with van der Waals surface area (Å²) >= 11 is 0. The van der Waals surface area contributed by atoms with Gasteiger partial charge in [0, 0.05) is 20.1 Å². The first-order chi connectivity index (χ1) is 9.65. The minimum atomic E-state index is -3.46. The van der Waals surface area contributed by atoms with Gasteiger partial charge in [-0.1, -0.05) is 13.8 Å². The van der Waals surface area contributed by atoms with Crippen molar-refractivity contribution in [3.8, 4) is 0 Å². The number of nitrogens with zero attached hydrogens (tertiary/aromatic N) is 1. The van der Waals surface area contributed by atoms with E-state index < -0.39 is 16.1 Å². The molecule has 1 fully saturated rings. The Bertz CT molecular complexity index is 490. The molecule has 1 aliphatic heterocycles. The van der Waals surface area contributed by atoms with Gasteiger partial charge in [0.05, 0.1) is 12.2 Å². The Hall–Kier alpha value is -1.15. The molecule has 0 aromatic rings. The first kappa shape index (κ1) is 17.9. The summed E-state index contributed by atoms with van der Waals surface area (Å²) in [4.78, 5) is 25.8. The highest BCUT2D eigenvalue weighted by atomic mass is 32.2. The number of carbonyl (C=O) groups excluding carboxylic acids is 2. The molecule has 0 unspecified atom stereocenters. The van der Waals surface area contributed by atoms with Crippen molar-refractivity contribution in [1.82, 2.24) is 14.9 Å². The summed E-state index contributed by atoms with van der Waals surface area (Å²) in [6, 6.07) is -0.788. The molecule has 0 aromatic carbocycles. The number of hydrogen-bond donors (Lipinski definition) is 2. The standard InChI is InChI=1S/C13H25N3O4S/c1-9(2)11(15-21(4,19)20)13(18)16-7-5-6-10(8-16)12(17)14-3/h9-11,15H,5-8H2,1-4H3,(H,14,17)/t10-,11-/m1/s1. The molecule has 21 heavy (non-hydrogen) atoms. The van der Waals surface area contributed by atoms with Crippen LogP contribution in [0.2, 0.25) is 0 Å². The number of carbonyl (C=O) groups is 2. The van der Waals surface area contributed by atoms with Crippen LogP contribution in [0.15, 0.2) is 0 Å². The molecular formula is C13H25N3O4S. The van der Waals surface area contributed by atoms with Gasteiger partial charge in [-0.05, 0) is 18.8 Å². The summed E-state index contributed by atoms with van der Waals surface area (Å²) in [6.45, 7) is 4.48. The molecule has 7 nitrogen and oxygen atoms in total. The van der Waals surface area contributed by atoms with E-state index >= 15 is 0 Å². The van der Waals surface area contributed by atoms with Gasteiger partial charge in [0.2, 0.25) is 21.8 Å². The highest BCUT2D eigenvalue weighted by molar-refractivity contribution is 7.88. The minimum absolute atomic E-state index is 0.0790. The number of amides is 2. The lowest BCUT2D eigenvalue weighted by molar-refractivity contribution is -0.137. The van der Waals surface area contributed by atoms with E-state index in [9.17, 15) is 18.0 Å². The van der Waals surface area contributed by atoms with Gasteiger partial charge in [-0.25, -0.2) is 13.1 Å². The first-order valence-corrected chi connectivity index (χ1v) is 9.02. The normalized spacial score (nSPS) is 21.2. The molecule has 1 saturated heterocycles. The van der Waals surface area contributed by atoms with Crippen LogP contribution in [0.3, 0.4) is 0 Å². The van der Waals surface area contributed by atoms with Crippen molar-refractivity contribution in [2.45, 2.75) is 32.7 Å². The highest BCUT2D eigenvalue weighted by Crippen LogP contribution is 2.19. The van der Waals surface area contributed by atoms with Crippen LogP contribution in [-0.4, -0.2) is 57.6 Å². The number of sulfonamides is 1. The number of nitrogens with one attached hydrogen (secondary N) is 2. The molecule has 1 rings (SSSR count). The summed E-state index contributed by atoms with van der Waals surface area (Å²) < 4.78 is 25.2. The van der Waals surface area contributed by atoms with Gasteiger partial charge >= 0.3 is 0 Å². The van der Waals surface area contributed by atoms with Crippen molar-refractivity contribution in [3.63, 3.8) is 0 Å². The quantitative estimate of drug-likeness (QED) is 0.717. The van der Waals surface area contributed by atoms with Gasteiger partial charge in [0.1, 0.15) is 6.04 Å². The monoisotopic (exact) mass is 319 g/mol. The van der Waals surface area contributed by atoms with E-state index in [4.69, 9.17) is 0 Å². The third-order valence-electron chi connectivity index (χ3n) is 3.62. The average Bonchev–Trinajstić information content (AvgIpc) is 2.42. The van der Waals surface area contributed by atoms with Crippen molar-refractivity contribution >= 4 is 21.8 Å². The molecule has 0 radical (unpaired) electrons. The van der Waals surface area contributed by atoms with Crippen molar-refractivity contribution in [1.29, 1.82) is 0 Å². The van der Waals surface area contributed by atoms with Crippen LogP contribution in [0.5, 0.6) is 0 Å². The van der Waals surface area contributed by atoms with E-state index in [1.165, 1.54) is 0 Å². The number of rotatable bonds is 5. The molecule has 0 spiro atoms. The second kappa shape index (κ2) is 7.22. The Morgan fingerprint density at radius 3 is 2.38 bits per heavy atom. The van der Waals surface area contributed by atoms with Gasteiger partial charge in [-0.2, -0.15) is 0 Å². The zero-order valence-electron chi connectivity index (χ0n) is 13.0. The minimum Gasteiger partial charge on any atom is -0.359 e. The fraction of sp³-hybridized carbons (Fsp3) is 0.846. The summed E-state index contributed by atoms with van der Waals surface area (Å²) in [6.07, 6.45) is 2.53. The Labute approximate surface area is 126 Å². The van der Waals surface area contributed by atoms with Crippen LogP contribution < -0.4 is 10.0 Å². The average molecular weight is 319 g/mol. The maximum atomic E-state index is 12.5. The van der Waals surface area contributed by atoms with Gasteiger partial charge in [0.15, 0.2) is 0 Å². The van der Waals surface area contributed by atoms with E-state index in [0.717, 1.165) is 19.1 Å². The molecule has 122 valence electrons. The van der Waals surface area contributed by atoms with Crippen LogP contribution in [0.4, 0.5) is 0 Å². The van der Waals surface area contributed by atoms with Gasteiger partial charge in [-0.15, -0.1) is 0 Å². The second-order valence-corrected chi connectivity index (χ2v) is 7.63. The fourth-order valence-electron chi connectivity index (χ4n) is 2.49. The molecule has 2 atom stereocenters. The van der Waals surface area contributed by atoms with Crippen LogP contribution >= 0.6 is 0 Å². The highest BCUT2D eigenvalue weighted by Gasteiger charge is 2.33. The molecule has 1 heterocycles. The molecule has 0 bridgehead atoms. The topological polar surface area (TPSA) is 95.6 Å². The van der Waals surface area contributed by atoms with Gasteiger partial charge in [-0.3, -0.25) is 9.59 Å². The Balaban J connectivity index is 2.81. The molecule has 1 aliphatic rings. The number of piperidine rings is 1. The number of likely N-dealkylation sites (tertiary alicyclic amines) is 1. The third kappa shape index (κ3) is 5.28. The van der Waals surface area contributed by atoms with Crippen LogP contribution in [0.25, 0.3) is 0 Å². The number of hydrogen-bond acceptors (Lipinski definition) is 4. The maximum absolute atomic E-state index is 12.5. The second-order valence-electron chi connectivity index (χ2n) is 5.85. The van der Waals surface area contributed by atoms with Crippen LogP contribution in [-0.2, 0) is 19.6 Å². The molecule has 2 N–H and O–H groups in total. The smallest absolute Gasteiger partial charge is 0.241 e. The SMILES string of the molecule is CNC(=O)[C@@H]1CCCN(C(=O)[C@H](NS(C)(=O)=O)C(C)C)C1. The first-order valence-electron chi connectivity index (χ1n) is 7.13. The molecule has 0 saturated carbocycles. The lowest BCUT2D eigenvalue weighted by atomic mass is 9.95. The lowest BCUT2D eigenvalue weighted by Gasteiger charge is -2.35. The molecule has 0 aliphatic carbocycles. The van der Waals surface area contributed by atoms with E-state index in [1.54, 1.807) is 25.8 Å². The predicted molar refractivity (Wildman–Crippen MR) is 80.0 cm³/mol. The summed E-state index contributed by atoms with van der Waals surface area (Å²) in [5.74, 6) is -0.722. The Morgan fingerprint density at radius 2 is 1.90 bits per heavy atom. The molecule has 0 aromatic heterocycles. The van der Waals surface area contributed by atoms with Crippen LogP contribution in [0.1, 0.15) is 26.7 Å². The van der Waals surface area contributed by atoms with Gasteiger partial charge < -0.3 is 10.2 Å². The van der Waals surface area contributed by atoms with Crippen molar-refractivity contribution < 1.29 is 18.0 Å². The fourth-order valence-corrected chi connectivity index (χ4v) is 3.33. The zero-order valence-corrected chi connectivity index (χ0v) is 13.9. The zero-order chi connectivity index (χ0) is 16.2. The van der Waals surface area contributed by atoms with Crippen molar-refractivity contribution in [3.05, 3.63) is 0 Å². The maximum Gasteiger partial charge on any atom is 0.241 e. The van der Waals surface area contributed by atoms with Gasteiger partial charge in [0.25, 0.3) is 0 Å². The van der Waals surface area contributed by atoms with E-state index in [2.05, 4.69) is 10.0 Å². The van der Waals surface area contributed by atoms with Crippen molar-refractivity contribution in [2.75, 3.05) is 26.4 Å². The lowest BCUT2D eigenvalue weighted by Crippen LogP contribution is -2.54. The summed E-state index contributed by atoms with van der Waals surface area (Å²) in [7, 11) is -1.89. The predicted octanol–water partition coefficient (Wildman–Crippen LogP) is -0.455.